The highest BCUT2D eigenvalue weighted by Crippen LogP contribution is 2.19. The topological polar surface area (TPSA) is 114 Å². The maximum absolute atomic E-state index is 6.03. The second-order valence-corrected chi connectivity index (χ2v) is 5.85. The van der Waals surface area contributed by atoms with E-state index in [-0.39, 0.29) is 0 Å². The molecule has 8 heteroatoms. The van der Waals surface area contributed by atoms with Crippen LogP contribution in [0.1, 0.15) is 18.2 Å². The van der Waals surface area contributed by atoms with Gasteiger partial charge >= 0.3 is 0 Å². The first-order valence-corrected chi connectivity index (χ1v) is 8.77. The van der Waals surface area contributed by atoms with E-state index in [9.17, 15) is 0 Å². The van der Waals surface area contributed by atoms with E-state index in [1.807, 2.05) is 31.2 Å². The van der Waals surface area contributed by atoms with Gasteiger partial charge in [0.25, 0.3) is 0 Å². The van der Waals surface area contributed by atoms with E-state index in [2.05, 4.69) is 62.0 Å². The molecule has 1 aromatic carbocycles. The summed E-state index contributed by atoms with van der Waals surface area (Å²) in [5.74, 6) is 0.657. The second kappa shape index (κ2) is 10.0. The van der Waals surface area contributed by atoms with Gasteiger partial charge in [-0.3, -0.25) is 4.98 Å². The van der Waals surface area contributed by atoms with E-state index in [4.69, 9.17) is 5.73 Å². The number of rotatable bonds is 5. The lowest BCUT2D eigenvalue weighted by molar-refractivity contribution is 0.898. The van der Waals surface area contributed by atoms with Crippen molar-refractivity contribution in [3.8, 4) is 0 Å². The molecule has 0 fully saturated rings. The van der Waals surface area contributed by atoms with E-state index >= 15 is 0 Å². The molecule has 0 saturated heterocycles. The van der Waals surface area contributed by atoms with Crippen LogP contribution in [0.3, 0.4) is 0 Å². The molecule has 3 aromatic rings. The molecular formula is C19H23N7S. The SMILES string of the molecule is CN/N=C(\C)c1ccc(N)c(NCc2ccc3ncccc3c2)n1.NC=S. The molecule has 140 valence electrons. The molecule has 0 radical (unpaired) electrons. The number of nitrogens with zero attached hydrogens (tertiary/aromatic N) is 3. The van der Waals surface area contributed by atoms with E-state index in [0.717, 1.165) is 33.4 Å². The van der Waals surface area contributed by atoms with Gasteiger partial charge in [0.2, 0.25) is 0 Å². The van der Waals surface area contributed by atoms with Crippen molar-refractivity contribution in [1.29, 1.82) is 0 Å². The number of fused-ring (bicyclic) bond motifs is 1. The second-order valence-electron chi connectivity index (χ2n) is 5.58. The van der Waals surface area contributed by atoms with Gasteiger partial charge in [-0.15, -0.1) is 0 Å². The lowest BCUT2D eigenvalue weighted by Crippen LogP contribution is -2.10. The lowest BCUT2D eigenvalue weighted by atomic mass is 10.1. The summed E-state index contributed by atoms with van der Waals surface area (Å²) >= 11 is 4.05. The molecule has 0 bridgehead atoms. The van der Waals surface area contributed by atoms with Crippen molar-refractivity contribution in [1.82, 2.24) is 15.4 Å². The Bertz CT molecular complexity index is 940. The monoisotopic (exact) mass is 381 g/mol. The summed E-state index contributed by atoms with van der Waals surface area (Å²) in [7, 11) is 1.76. The van der Waals surface area contributed by atoms with E-state index in [1.54, 1.807) is 13.2 Å². The number of nitrogens with two attached hydrogens (primary N) is 2. The smallest absolute Gasteiger partial charge is 0.150 e. The Labute approximate surface area is 163 Å². The predicted molar refractivity (Wildman–Crippen MR) is 117 cm³/mol. The van der Waals surface area contributed by atoms with Crippen LogP contribution in [-0.2, 0) is 6.54 Å². The molecule has 0 aliphatic rings. The van der Waals surface area contributed by atoms with Crippen molar-refractivity contribution in [2.24, 2.45) is 10.8 Å². The number of anilines is 2. The number of nitrogens with one attached hydrogen (secondary N) is 2. The molecule has 3 rings (SSSR count). The molecule has 0 atom stereocenters. The van der Waals surface area contributed by atoms with Crippen molar-refractivity contribution in [3.63, 3.8) is 0 Å². The highest BCUT2D eigenvalue weighted by molar-refractivity contribution is 7.78. The fraction of sp³-hybridized carbons (Fsp3) is 0.158. The van der Waals surface area contributed by atoms with Crippen molar-refractivity contribution >= 4 is 45.8 Å². The maximum Gasteiger partial charge on any atom is 0.150 e. The van der Waals surface area contributed by atoms with Gasteiger partial charge < -0.3 is 22.2 Å². The van der Waals surface area contributed by atoms with Gasteiger partial charge in [0.1, 0.15) is 5.82 Å². The Morgan fingerprint density at radius 3 is 2.78 bits per heavy atom. The van der Waals surface area contributed by atoms with Crippen LogP contribution in [0.15, 0.2) is 53.8 Å². The minimum atomic E-state index is 0.610. The quantitative estimate of drug-likeness (QED) is 0.305. The summed E-state index contributed by atoms with van der Waals surface area (Å²) in [5, 5.41) is 8.56. The van der Waals surface area contributed by atoms with E-state index < -0.39 is 0 Å². The predicted octanol–water partition coefficient (Wildman–Crippen LogP) is 2.67. The fourth-order valence-corrected chi connectivity index (χ4v) is 2.46. The molecular weight excluding hydrogens is 358 g/mol. The van der Waals surface area contributed by atoms with Crippen LogP contribution < -0.4 is 22.2 Å². The van der Waals surface area contributed by atoms with Gasteiger partial charge in [-0.2, -0.15) is 5.10 Å². The third-order valence-electron chi connectivity index (χ3n) is 3.70. The van der Waals surface area contributed by atoms with Crippen LogP contribution in [0.4, 0.5) is 11.5 Å². The summed E-state index contributed by atoms with van der Waals surface area (Å²) in [5.41, 5.74) is 18.7. The zero-order valence-electron chi connectivity index (χ0n) is 15.3. The third kappa shape index (κ3) is 5.61. The van der Waals surface area contributed by atoms with E-state index in [0.29, 0.717) is 18.1 Å². The molecule has 7 nitrogen and oxygen atoms in total. The van der Waals surface area contributed by atoms with Crippen LogP contribution in [-0.4, -0.2) is 28.2 Å². The molecule has 0 unspecified atom stereocenters. The van der Waals surface area contributed by atoms with Crippen LogP contribution in [0.25, 0.3) is 10.9 Å². The van der Waals surface area contributed by atoms with Crippen LogP contribution in [0, 0.1) is 0 Å². The molecule has 0 aliphatic carbocycles. The normalized spacial score (nSPS) is 10.7. The van der Waals surface area contributed by atoms with E-state index in [1.165, 1.54) is 0 Å². The summed E-state index contributed by atoms with van der Waals surface area (Å²) in [6, 6.07) is 13.9. The van der Waals surface area contributed by atoms with Crippen molar-refractivity contribution in [3.05, 3.63) is 59.9 Å². The number of thiocarbonyl (C=S) groups is 1. The Hall–Kier alpha value is -3.26. The number of hydrazone groups is 1. The van der Waals surface area contributed by atoms with Gasteiger partial charge in [0.15, 0.2) is 0 Å². The Morgan fingerprint density at radius 1 is 1.26 bits per heavy atom. The third-order valence-corrected chi connectivity index (χ3v) is 3.70. The van der Waals surface area contributed by atoms with Crippen LogP contribution in [0.2, 0.25) is 0 Å². The largest absolute Gasteiger partial charge is 0.396 e. The highest BCUT2D eigenvalue weighted by Gasteiger charge is 2.06. The van der Waals surface area contributed by atoms with Gasteiger partial charge in [-0.05, 0) is 42.8 Å². The summed E-state index contributed by atoms with van der Waals surface area (Å²) in [6.07, 6.45) is 1.80. The number of nitrogen functional groups attached to an aromatic ring is 1. The molecule has 2 heterocycles. The standard InChI is InChI=1S/C18H20N6.CH3NS/c1-12(24-20-2)16-8-6-15(19)18(23-16)22-11-13-5-7-17-14(10-13)4-3-9-21-17;2-1-3/h3-10,20H,11,19H2,1-2H3,(H,22,23);1H,(H2,2,3)/b24-12+;. The first kappa shape index (κ1) is 20.1. The highest BCUT2D eigenvalue weighted by atomic mass is 32.1. The number of hydrogen-bond donors (Lipinski definition) is 4. The zero-order valence-corrected chi connectivity index (χ0v) is 16.1. The molecule has 0 amide bonds. The molecule has 0 aliphatic heterocycles. The van der Waals surface area contributed by atoms with Crippen LogP contribution >= 0.6 is 12.2 Å². The summed E-state index contributed by atoms with van der Waals surface area (Å²) in [4.78, 5) is 8.88. The maximum atomic E-state index is 6.03. The summed E-state index contributed by atoms with van der Waals surface area (Å²) < 4.78 is 0. The number of pyridine rings is 2. The number of benzene rings is 1. The molecule has 6 N–H and O–H groups in total. The van der Waals surface area contributed by atoms with Gasteiger partial charge in [0.05, 0.1) is 28.1 Å². The van der Waals surface area contributed by atoms with Gasteiger partial charge in [0, 0.05) is 25.2 Å². The Morgan fingerprint density at radius 2 is 2.04 bits per heavy atom. The van der Waals surface area contributed by atoms with Crippen molar-refractivity contribution in [2.75, 3.05) is 18.1 Å². The van der Waals surface area contributed by atoms with Gasteiger partial charge in [-0.1, -0.05) is 24.4 Å². The lowest BCUT2D eigenvalue weighted by Gasteiger charge is -2.11. The molecule has 2 aromatic heterocycles. The number of hydrogen-bond acceptors (Lipinski definition) is 7. The average Bonchev–Trinajstić information content (AvgIpc) is 2.68. The minimum absolute atomic E-state index is 0.610. The Balaban J connectivity index is 0.000000817. The molecule has 27 heavy (non-hydrogen) atoms. The first-order chi connectivity index (χ1) is 13.1. The zero-order chi connectivity index (χ0) is 19.6. The van der Waals surface area contributed by atoms with Crippen molar-refractivity contribution < 1.29 is 0 Å². The average molecular weight is 382 g/mol. The summed E-state index contributed by atoms with van der Waals surface area (Å²) in [6.45, 7) is 2.53. The number of aromatic nitrogens is 2. The van der Waals surface area contributed by atoms with Crippen LogP contribution in [0.5, 0.6) is 0 Å². The Kier molecular flexibility index (Phi) is 7.45. The molecule has 0 saturated carbocycles. The van der Waals surface area contributed by atoms with Crippen molar-refractivity contribution in [2.45, 2.75) is 13.5 Å². The molecule has 0 spiro atoms. The minimum Gasteiger partial charge on any atom is -0.396 e. The van der Waals surface area contributed by atoms with Gasteiger partial charge in [-0.25, -0.2) is 4.98 Å². The fourth-order valence-electron chi connectivity index (χ4n) is 2.46. The first-order valence-electron chi connectivity index (χ1n) is 8.30.